The number of hydrogen-bond acceptors (Lipinski definition) is 1. The highest BCUT2D eigenvalue weighted by atomic mass is 16.3. The van der Waals surface area contributed by atoms with Gasteiger partial charge in [0.15, 0.2) is 0 Å². The molecule has 0 fully saturated rings. The Balaban J connectivity index is 2.47. The van der Waals surface area contributed by atoms with Crippen molar-refractivity contribution in [2.24, 2.45) is 10.8 Å². The molecule has 0 aromatic heterocycles. The first-order chi connectivity index (χ1) is 6.82. The molecule has 1 aromatic carbocycles. The molecule has 82 valence electrons. The molecule has 2 rings (SSSR count). The molecule has 0 atom stereocenters. The summed E-state index contributed by atoms with van der Waals surface area (Å²) in [6, 6.07) is 5.79. The Hall–Kier alpha value is -0.980. The molecule has 0 saturated heterocycles. The number of benzene rings is 1. The summed E-state index contributed by atoms with van der Waals surface area (Å²) in [6.45, 7) is 9.31. The van der Waals surface area contributed by atoms with Crippen LogP contribution >= 0.6 is 0 Å². The highest BCUT2D eigenvalue weighted by Gasteiger charge is 2.41. The van der Waals surface area contributed by atoms with Crippen molar-refractivity contribution in [1.82, 2.24) is 0 Å². The van der Waals surface area contributed by atoms with Crippen LogP contribution in [-0.4, -0.2) is 5.11 Å². The summed E-state index contributed by atoms with van der Waals surface area (Å²) >= 11 is 0. The summed E-state index contributed by atoms with van der Waals surface area (Å²) < 4.78 is 0. The van der Waals surface area contributed by atoms with Crippen LogP contribution in [-0.2, 0) is 12.8 Å². The normalized spacial score (nSPS) is 22.1. The van der Waals surface area contributed by atoms with Crippen molar-refractivity contribution < 1.29 is 5.11 Å². The van der Waals surface area contributed by atoms with E-state index in [4.69, 9.17) is 0 Å². The van der Waals surface area contributed by atoms with Crippen molar-refractivity contribution in [1.29, 1.82) is 0 Å². The molecule has 1 aromatic rings. The summed E-state index contributed by atoms with van der Waals surface area (Å²) in [5, 5.41) is 9.49. The lowest BCUT2D eigenvalue weighted by Gasteiger charge is -2.46. The van der Waals surface area contributed by atoms with E-state index in [0.29, 0.717) is 16.6 Å². The van der Waals surface area contributed by atoms with E-state index in [-0.39, 0.29) is 0 Å². The van der Waals surface area contributed by atoms with Crippen LogP contribution in [0.4, 0.5) is 0 Å². The predicted octanol–water partition coefficient (Wildman–Crippen LogP) is 3.54. The summed E-state index contributed by atoms with van der Waals surface area (Å²) in [6.07, 6.45) is 2.17. The van der Waals surface area contributed by atoms with Crippen molar-refractivity contribution in [3.05, 3.63) is 29.3 Å². The number of phenolic OH excluding ortho intramolecular Hbond substituents is 1. The maximum atomic E-state index is 9.49. The maximum absolute atomic E-state index is 9.49. The minimum Gasteiger partial charge on any atom is -0.508 e. The van der Waals surface area contributed by atoms with Crippen LogP contribution in [0, 0.1) is 10.8 Å². The van der Waals surface area contributed by atoms with Gasteiger partial charge < -0.3 is 5.11 Å². The van der Waals surface area contributed by atoms with E-state index in [0.717, 1.165) is 12.8 Å². The first-order valence-corrected chi connectivity index (χ1v) is 5.63. The van der Waals surface area contributed by atoms with Gasteiger partial charge in [0.2, 0.25) is 0 Å². The molecule has 1 nitrogen and oxygen atoms in total. The van der Waals surface area contributed by atoms with E-state index in [1.54, 1.807) is 6.07 Å². The van der Waals surface area contributed by atoms with Crippen LogP contribution in [0.5, 0.6) is 5.75 Å². The Morgan fingerprint density at radius 1 is 0.933 bits per heavy atom. The van der Waals surface area contributed by atoms with Crippen molar-refractivity contribution >= 4 is 0 Å². The minimum absolute atomic E-state index is 0.299. The summed E-state index contributed by atoms with van der Waals surface area (Å²) in [5.74, 6) is 0.393. The molecule has 1 aliphatic carbocycles. The molecule has 0 saturated carbocycles. The lowest BCUT2D eigenvalue weighted by molar-refractivity contribution is 0.0964. The van der Waals surface area contributed by atoms with Gasteiger partial charge in [-0.15, -0.1) is 0 Å². The van der Waals surface area contributed by atoms with Crippen molar-refractivity contribution in [3.63, 3.8) is 0 Å². The van der Waals surface area contributed by atoms with Gasteiger partial charge in [-0.1, -0.05) is 33.8 Å². The van der Waals surface area contributed by atoms with Crippen molar-refractivity contribution in [3.8, 4) is 5.75 Å². The van der Waals surface area contributed by atoms with Crippen molar-refractivity contribution in [2.45, 2.75) is 40.5 Å². The Bertz CT molecular complexity index is 388. The molecule has 1 aliphatic rings. The van der Waals surface area contributed by atoms with Gasteiger partial charge in [-0.3, -0.25) is 0 Å². The zero-order valence-electron chi connectivity index (χ0n) is 10.1. The Labute approximate surface area is 92.1 Å². The highest BCUT2D eigenvalue weighted by Crippen LogP contribution is 2.48. The lowest BCUT2D eigenvalue weighted by Crippen LogP contribution is -2.40. The number of rotatable bonds is 0. The second-order valence-electron chi connectivity index (χ2n) is 6.07. The fourth-order valence-corrected chi connectivity index (χ4v) is 2.38. The monoisotopic (exact) mass is 204 g/mol. The molecule has 1 heteroatoms. The van der Waals surface area contributed by atoms with Crippen LogP contribution < -0.4 is 0 Å². The standard InChI is InChI=1S/C14H20O/c1-13(2)8-10-5-6-12(15)7-11(10)9-14(13,3)4/h5-7,15H,8-9H2,1-4H3. The average molecular weight is 204 g/mol. The van der Waals surface area contributed by atoms with Gasteiger partial charge in [0.25, 0.3) is 0 Å². The van der Waals surface area contributed by atoms with Gasteiger partial charge in [0.05, 0.1) is 0 Å². The largest absolute Gasteiger partial charge is 0.508 e. The minimum atomic E-state index is 0.299. The van der Waals surface area contributed by atoms with Gasteiger partial charge >= 0.3 is 0 Å². The first kappa shape index (κ1) is 10.5. The van der Waals surface area contributed by atoms with Crippen LogP contribution in [0.15, 0.2) is 18.2 Å². The Kier molecular flexibility index (Phi) is 2.11. The van der Waals surface area contributed by atoms with Crippen LogP contribution in [0.1, 0.15) is 38.8 Å². The molecule has 0 heterocycles. The van der Waals surface area contributed by atoms with E-state index in [9.17, 15) is 5.11 Å². The zero-order valence-corrected chi connectivity index (χ0v) is 10.1. The SMILES string of the molecule is CC1(C)Cc2ccc(O)cc2CC1(C)C. The topological polar surface area (TPSA) is 20.2 Å². The average Bonchev–Trinajstić information content (AvgIpc) is 2.07. The predicted molar refractivity (Wildman–Crippen MR) is 63.1 cm³/mol. The molecule has 1 N–H and O–H groups in total. The Morgan fingerprint density at radius 2 is 1.47 bits per heavy atom. The van der Waals surface area contributed by atoms with Gasteiger partial charge in [-0.2, -0.15) is 0 Å². The number of phenols is 1. The molecule has 0 bridgehead atoms. The van der Waals surface area contributed by atoms with E-state index in [2.05, 4.69) is 33.8 Å². The van der Waals surface area contributed by atoms with Crippen LogP contribution in [0.25, 0.3) is 0 Å². The van der Waals surface area contributed by atoms with Crippen molar-refractivity contribution in [2.75, 3.05) is 0 Å². The number of fused-ring (bicyclic) bond motifs is 1. The molecule has 0 amide bonds. The van der Waals surface area contributed by atoms with E-state index in [1.165, 1.54) is 11.1 Å². The van der Waals surface area contributed by atoms with E-state index in [1.807, 2.05) is 6.07 Å². The quantitative estimate of drug-likeness (QED) is 0.685. The molecule has 0 radical (unpaired) electrons. The molecule has 15 heavy (non-hydrogen) atoms. The Morgan fingerprint density at radius 3 is 2.07 bits per heavy atom. The maximum Gasteiger partial charge on any atom is 0.115 e. The first-order valence-electron chi connectivity index (χ1n) is 5.63. The summed E-state index contributed by atoms with van der Waals surface area (Å²) in [5.41, 5.74) is 3.35. The highest BCUT2D eigenvalue weighted by molar-refractivity contribution is 5.38. The number of aromatic hydroxyl groups is 1. The third-order valence-electron chi connectivity index (χ3n) is 4.29. The smallest absolute Gasteiger partial charge is 0.115 e. The number of hydrogen-bond donors (Lipinski definition) is 1. The van der Waals surface area contributed by atoms with Gasteiger partial charge in [0, 0.05) is 0 Å². The molecule has 0 unspecified atom stereocenters. The fourth-order valence-electron chi connectivity index (χ4n) is 2.38. The summed E-state index contributed by atoms with van der Waals surface area (Å²) in [7, 11) is 0. The van der Waals surface area contributed by atoms with Crippen LogP contribution in [0.2, 0.25) is 0 Å². The van der Waals surface area contributed by atoms with E-state index >= 15 is 0 Å². The second-order valence-corrected chi connectivity index (χ2v) is 6.07. The van der Waals surface area contributed by atoms with E-state index < -0.39 is 0 Å². The van der Waals surface area contributed by atoms with Gasteiger partial charge in [-0.05, 0) is 46.9 Å². The summed E-state index contributed by atoms with van der Waals surface area (Å²) in [4.78, 5) is 0. The molecular weight excluding hydrogens is 184 g/mol. The fraction of sp³-hybridized carbons (Fsp3) is 0.571. The third-order valence-corrected chi connectivity index (χ3v) is 4.29. The van der Waals surface area contributed by atoms with Gasteiger partial charge in [-0.25, -0.2) is 0 Å². The molecule has 0 spiro atoms. The van der Waals surface area contributed by atoms with Gasteiger partial charge in [0.1, 0.15) is 5.75 Å². The third kappa shape index (κ3) is 1.64. The molecular formula is C14H20O. The van der Waals surface area contributed by atoms with Crippen LogP contribution in [0.3, 0.4) is 0 Å². The zero-order chi connectivity index (χ0) is 11.3. The second kappa shape index (κ2) is 3.01. The lowest BCUT2D eigenvalue weighted by atomic mass is 9.58. The molecule has 0 aliphatic heterocycles.